The van der Waals surface area contributed by atoms with Crippen LogP contribution in [0.1, 0.15) is 47.1 Å². The van der Waals surface area contributed by atoms with Crippen LogP contribution in [-0.2, 0) is 0 Å². The molecule has 132 valence electrons. The Kier molecular flexibility index (Phi) is 5.49. The normalized spacial score (nSPS) is 15.3. The Morgan fingerprint density at radius 1 is 1.38 bits per heavy atom. The lowest BCUT2D eigenvalue weighted by atomic mass is 9.89. The van der Waals surface area contributed by atoms with Gasteiger partial charge in [0.15, 0.2) is 0 Å². The summed E-state index contributed by atoms with van der Waals surface area (Å²) >= 11 is 0. The second-order valence-corrected chi connectivity index (χ2v) is 6.95. The molecule has 3 N–H and O–H groups in total. The molecule has 24 heavy (non-hydrogen) atoms. The molecule has 2 unspecified atom stereocenters. The minimum absolute atomic E-state index is 0.107. The first-order valence-electron chi connectivity index (χ1n) is 8.49. The highest BCUT2D eigenvalue weighted by atomic mass is 16.3. The predicted octanol–water partition coefficient (Wildman–Crippen LogP) is 3.54. The number of hydrogen-bond donors (Lipinski definition) is 3. The maximum absolute atomic E-state index is 12.1. The minimum atomic E-state index is -0.922. The van der Waals surface area contributed by atoms with E-state index < -0.39 is 5.60 Å². The SMILES string of the molecule is CCC(C)C(C)(O)CNC(=O)Nc1ccc2nn(C(C)C)cc2c1. The Labute approximate surface area is 143 Å². The molecule has 0 fully saturated rings. The maximum atomic E-state index is 12.1. The Hall–Kier alpha value is -2.08. The molecule has 0 aliphatic rings. The number of nitrogens with zero attached hydrogens (tertiary/aromatic N) is 2. The van der Waals surface area contributed by atoms with Crippen LogP contribution in [0.5, 0.6) is 0 Å². The Balaban J connectivity index is 2.00. The molecule has 0 saturated carbocycles. The van der Waals surface area contributed by atoms with Gasteiger partial charge in [-0.1, -0.05) is 20.3 Å². The Bertz CT molecular complexity index is 706. The summed E-state index contributed by atoms with van der Waals surface area (Å²) in [6.07, 6.45) is 2.82. The van der Waals surface area contributed by atoms with Crippen molar-refractivity contribution in [2.45, 2.75) is 52.7 Å². The number of benzene rings is 1. The van der Waals surface area contributed by atoms with Gasteiger partial charge in [-0.05, 0) is 44.9 Å². The second kappa shape index (κ2) is 7.21. The summed E-state index contributed by atoms with van der Waals surface area (Å²) in [6, 6.07) is 5.58. The van der Waals surface area contributed by atoms with E-state index in [-0.39, 0.29) is 18.5 Å². The zero-order valence-corrected chi connectivity index (χ0v) is 15.1. The van der Waals surface area contributed by atoms with E-state index in [4.69, 9.17) is 0 Å². The summed E-state index contributed by atoms with van der Waals surface area (Å²) in [6.45, 7) is 10.1. The number of hydrogen-bond acceptors (Lipinski definition) is 3. The minimum Gasteiger partial charge on any atom is -0.388 e. The van der Waals surface area contributed by atoms with Gasteiger partial charge in [0.1, 0.15) is 0 Å². The van der Waals surface area contributed by atoms with E-state index in [1.807, 2.05) is 42.9 Å². The summed E-state index contributed by atoms with van der Waals surface area (Å²) in [5.74, 6) is 0.107. The van der Waals surface area contributed by atoms with E-state index in [0.29, 0.717) is 11.7 Å². The van der Waals surface area contributed by atoms with Crippen molar-refractivity contribution in [3.05, 3.63) is 24.4 Å². The van der Waals surface area contributed by atoms with Crippen molar-refractivity contribution in [1.82, 2.24) is 15.1 Å². The van der Waals surface area contributed by atoms with Gasteiger partial charge >= 0.3 is 6.03 Å². The van der Waals surface area contributed by atoms with E-state index in [1.165, 1.54) is 0 Å². The highest BCUT2D eigenvalue weighted by Gasteiger charge is 2.27. The van der Waals surface area contributed by atoms with Crippen LogP contribution in [0.3, 0.4) is 0 Å². The summed E-state index contributed by atoms with van der Waals surface area (Å²) in [5.41, 5.74) is 0.676. The summed E-state index contributed by atoms with van der Waals surface area (Å²) in [5, 5.41) is 21.3. The third-order valence-electron chi connectivity index (χ3n) is 4.59. The fourth-order valence-electron chi connectivity index (χ4n) is 2.44. The van der Waals surface area contributed by atoms with Gasteiger partial charge in [-0.3, -0.25) is 4.68 Å². The van der Waals surface area contributed by atoms with E-state index in [9.17, 15) is 9.90 Å². The molecule has 0 aliphatic heterocycles. The molecular weight excluding hydrogens is 304 g/mol. The predicted molar refractivity (Wildman–Crippen MR) is 97.2 cm³/mol. The summed E-state index contributed by atoms with van der Waals surface area (Å²) < 4.78 is 1.90. The molecule has 2 aromatic rings. The molecular formula is C18H28N4O2. The Morgan fingerprint density at radius 2 is 2.08 bits per heavy atom. The van der Waals surface area contributed by atoms with Crippen LogP contribution in [0.15, 0.2) is 24.4 Å². The van der Waals surface area contributed by atoms with Gasteiger partial charge < -0.3 is 15.7 Å². The number of aliphatic hydroxyl groups is 1. The summed E-state index contributed by atoms with van der Waals surface area (Å²) in [4.78, 5) is 12.1. The van der Waals surface area contributed by atoms with Crippen LogP contribution in [0.2, 0.25) is 0 Å². The van der Waals surface area contributed by atoms with Crippen LogP contribution in [0, 0.1) is 5.92 Å². The van der Waals surface area contributed by atoms with Gasteiger partial charge in [0.25, 0.3) is 0 Å². The van der Waals surface area contributed by atoms with Crippen molar-refractivity contribution in [1.29, 1.82) is 0 Å². The highest BCUT2D eigenvalue weighted by Crippen LogP contribution is 2.21. The number of aromatic nitrogens is 2. The molecule has 0 bridgehead atoms. The highest BCUT2D eigenvalue weighted by molar-refractivity contribution is 5.92. The van der Waals surface area contributed by atoms with Crippen LogP contribution in [0.4, 0.5) is 10.5 Å². The van der Waals surface area contributed by atoms with Gasteiger partial charge in [0.2, 0.25) is 0 Å². The maximum Gasteiger partial charge on any atom is 0.319 e. The third kappa shape index (κ3) is 4.26. The van der Waals surface area contributed by atoms with Gasteiger partial charge in [-0.25, -0.2) is 4.79 Å². The number of rotatable bonds is 6. The zero-order chi connectivity index (χ0) is 17.9. The standard InChI is InChI=1S/C18H28N4O2/c1-6-13(4)18(5,24)11-19-17(23)20-15-7-8-16-14(9-15)10-22(21-16)12(2)3/h7-10,12-13,24H,6,11H2,1-5H3,(H2,19,20,23). The van der Waals surface area contributed by atoms with Crippen molar-refractivity contribution in [2.75, 3.05) is 11.9 Å². The molecule has 2 amide bonds. The van der Waals surface area contributed by atoms with E-state index in [2.05, 4.69) is 29.6 Å². The molecule has 1 heterocycles. The van der Waals surface area contributed by atoms with Crippen LogP contribution < -0.4 is 10.6 Å². The number of carbonyl (C=O) groups is 1. The molecule has 0 radical (unpaired) electrons. The molecule has 6 heteroatoms. The quantitative estimate of drug-likeness (QED) is 0.757. The largest absolute Gasteiger partial charge is 0.388 e. The fraction of sp³-hybridized carbons (Fsp3) is 0.556. The average Bonchev–Trinajstić information content (AvgIpc) is 2.95. The smallest absolute Gasteiger partial charge is 0.319 e. The van der Waals surface area contributed by atoms with Crippen molar-refractivity contribution < 1.29 is 9.90 Å². The monoisotopic (exact) mass is 332 g/mol. The topological polar surface area (TPSA) is 79.2 Å². The van der Waals surface area contributed by atoms with Crippen LogP contribution >= 0.6 is 0 Å². The lowest BCUT2D eigenvalue weighted by Crippen LogP contribution is -2.46. The van der Waals surface area contributed by atoms with Gasteiger partial charge in [-0.15, -0.1) is 0 Å². The number of amides is 2. The average molecular weight is 332 g/mol. The van der Waals surface area contributed by atoms with Crippen LogP contribution in [0.25, 0.3) is 10.9 Å². The lowest BCUT2D eigenvalue weighted by Gasteiger charge is -2.29. The van der Waals surface area contributed by atoms with Crippen LogP contribution in [-0.4, -0.2) is 33.1 Å². The molecule has 1 aromatic heterocycles. The van der Waals surface area contributed by atoms with Crippen molar-refractivity contribution in [2.24, 2.45) is 5.92 Å². The molecule has 2 rings (SSSR count). The number of carbonyl (C=O) groups excluding carboxylic acids is 1. The lowest BCUT2D eigenvalue weighted by molar-refractivity contribution is 0.00827. The molecule has 0 aliphatic carbocycles. The molecule has 0 saturated heterocycles. The van der Waals surface area contributed by atoms with E-state index in [0.717, 1.165) is 17.3 Å². The van der Waals surface area contributed by atoms with Crippen molar-refractivity contribution in [3.8, 4) is 0 Å². The molecule has 6 nitrogen and oxygen atoms in total. The first kappa shape index (κ1) is 18.3. The molecule has 1 aromatic carbocycles. The summed E-state index contributed by atoms with van der Waals surface area (Å²) in [7, 11) is 0. The molecule has 0 spiro atoms. The first-order chi connectivity index (χ1) is 11.2. The van der Waals surface area contributed by atoms with Crippen molar-refractivity contribution in [3.63, 3.8) is 0 Å². The number of urea groups is 1. The van der Waals surface area contributed by atoms with Gasteiger partial charge in [0, 0.05) is 29.9 Å². The van der Waals surface area contributed by atoms with E-state index >= 15 is 0 Å². The number of anilines is 1. The molecule has 2 atom stereocenters. The zero-order valence-electron chi connectivity index (χ0n) is 15.1. The second-order valence-electron chi connectivity index (χ2n) is 6.95. The Morgan fingerprint density at radius 3 is 2.71 bits per heavy atom. The number of nitrogens with one attached hydrogen (secondary N) is 2. The van der Waals surface area contributed by atoms with Crippen molar-refractivity contribution >= 4 is 22.6 Å². The fourth-order valence-corrected chi connectivity index (χ4v) is 2.44. The van der Waals surface area contributed by atoms with Gasteiger partial charge in [-0.2, -0.15) is 5.10 Å². The first-order valence-corrected chi connectivity index (χ1v) is 8.49. The number of fused-ring (bicyclic) bond motifs is 1. The van der Waals surface area contributed by atoms with Gasteiger partial charge in [0.05, 0.1) is 11.1 Å². The van der Waals surface area contributed by atoms with E-state index in [1.54, 1.807) is 6.92 Å². The third-order valence-corrected chi connectivity index (χ3v) is 4.59.